The molecule has 0 radical (unpaired) electrons. The van der Waals surface area contributed by atoms with Gasteiger partial charge in [-0.05, 0) is 41.8 Å². The molecule has 6 heteroatoms. The summed E-state index contributed by atoms with van der Waals surface area (Å²) in [5, 5.41) is 13.3. The van der Waals surface area contributed by atoms with E-state index >= 15 is 0 Å². The van der Waals surface area contributed by atoms with Crippen molar-refractivity contribution in [3.63, 3.8) is 0 Å². The van der Waals surface area contributed by atoms with Gasteiger partial charge in [0, 0.05) is 16.0 Å². The van der Waals surface area contributed by atoms with Crippen molar-refractivity contribution in [1.29, 1.82) is 0 Å². The van der Waals surface area contributed by atoms with Crippen LogP contribution in [0.5, 0.6) is 5.75 Å². The van der Waals surface area contributed by atoms with Crippen molar-refractivity contribution in [3.05, 3.63) is 82.0 Å². The molecule has 2 aromatic carbocycles. The lowest BCUT2D eigenvalue weighted by atomic mass is 9.88. The average Bonchev–Trinajstić information content (AvgIpc) is 3.30. The number of methoxy groups -OCH3 is 1. The normalized spacial score (nSPS) is 18.2. The van der Waals surface area contributed by atoms with Gasteiger partial charge in [0.25, 0.3) is 5.91 Å². The number of ether oxygens (including phenoxy) is 1. The molecule has 28 heavy (non-hydrogen) atoms. The zero-order chi connectivity index (χ0) is 19.7. The van der Waals surface area contributed by atoms with E-state index < -0.39 is 11.5 Å². The van der Waals surface area contributed by atoms with Gasteiger partial charge in [0.05, 0.1) is 25.8 Å². The number of anilines is 1. The molecule has 0 saturated carbocycles. The minimum atomic E-state index is -1.87. The summed E-state index contributed by atoms with van der Waals surface area (Å²) in [6.45, 7) is 0.368. The Morgan fingerprint density at radius 2 is 1.86 bits per heavy atom. The molecule has 0 spiro atoms. The van der Waals surface area contributed by atoms with Crippen LogP contribution in [0, 0.1) is 0 Å². The topological polar surface area (TPSA) is 66.8 Å². The number of carbonyl (C=O) groups excluding carboxylic acids is 2. The van der Waals surface area contributed by atoms with Gasteiger partial charge in [0.1, 0.15) is 5.75 Å². The van der Waals surface area contributed by atoms with Crippen LogP contribution in [-0.2, 0) is 16.9 Å². The Balaban J connectivity index is 1.65. The molecule has 1 aliphatic rings. The molecular weight excluding hydrogens is 374 g/mol. The first-order valence-corrected chi connectivity index (χ1v) is 9.74. The Morgan fingerprint density at radius 3 is 2.54 bits per heavy atom. The molecule has 1 N–H and O–H groups in total. The van der Waals surface area contributed by atoms with E-state index in [0.717, 1.165) is 4.88 Å². The highest BCUT2D eigenvalue weighted by atomic mass is 32.1. The Hall–Kier alpha value is -2.96. The summed E-state index contributed by atoms with van der Waals surface area (Å²) in [6.07, 6.45) is -0.309. The summed E-state index contributed by atoms with van der Waals surface area (Å²) in [5.74, 6) is -0.130. The van der Waals surface area contributed by atoms with E-state index in [-0.39, 0.29) is 12.2 Å². The lowest BCUT2D eigenvalue weighted by molar-refractivity contribution is -0.136. The fourth-order valence-corrected chi connectivity index (χ4v) is 4.20. The van der Waals surface area contributed by atoms with Crippen LogP contribution in [0.2, 0.25) is 0 Å². The molecule has 1 atom stereocenters. The van der Waals surface area contributed by atoms with Gasteiger partial charge in [0.2, 0.25) is 0 Å². The number of thiophene rings is 1. The number of amides is 1. The predicted octanol–water partition coefficient (Wildman–Crippen LogP) is 3.76. The third-order valence-corrected chi connectivity index (χ3v) is 5.82. The smallest absolute Gasteiger partial charge is 0.264 e. The highest BCUT2D eigenvalue weighted by Gasteiger charge is 2.50. The monoisotopic (exact) mass is 393 g/mol. The first-order valence-electron chi connectivity index (χ1n) is 8.86. The van der Waals surface area contributed by atoms with Gasteiger partial charge in [-0.1, -0.05) is 24.3 Å². The molecular formula is C22H19NO4S. The van der Waals surface area contributed by atoms with Crippen LogP contribution >= 0.6 is 11.3 Å². The number of hydrogen-bond acceptors (Lipinski definition) is 5. The maximum Gasteiger partial charge on any atom is 0.264 e. The van der Waals surface area contributed by atoms with E-state index in [1.165, 1.54) is 0 Å². The summed E-state index contributed by atoms with van der Waals surface area (Å²) in [6, 6.07) is 17.6. The summed E-state index contributed by atoms with van der Waals surface area (Å²) in [4.78, 5) is 28.6. The zero-order valence-corrected chi connectivity index (χ0v) is 16.1. The first-order chi connectivity index (χ1) is 13.5. The molecule has 1 amide bonds. The first kappa shape index (κ1) is 18.4. The van der Waals surface area contributed by atoms with Gasteiger partial charge in [0.15, 0.2) is 11.4 Å². The second-order valence-electron chi connectivity index (χ2n) is 6.68. The standard InChI is InChI=1S/C22H19NO4S/c1-27-16-10-8-15(9-11-16)20(24)13-22(26)18-6-2-3-7-19(18)23(21(22)25)14-17-5-4-12-28-17/h2-12,26H,13-14H2,1H3. The van der Waals surface area contributed by atoms with Crippen molar-refractivity contribution in [2.24, 2.45) is 0 Å². The summed E-state index contributed by atoms with van der Waals surface area (Å²) in [5.41, 5.74) is -0.328. The fourth-order valence-electron chi connectivity index (χ4n) is 3.50. The van der Waals surface area contributed by atoms with Crippen LogP contribution in [0.3, 0.4) is 0 Å². The Labute approximate surface area is 166 Å². The van der Waals surface area contributed by atoms with Crippen molar-refractivity contribution in [1.82, 2.24) is 0 Å². The number of ketones is 1. The van der Waals surface area contributed by atoms with Crippen molar-refractivity contribution >= 4 is 28.7 Å². The molecule has 3 aromatic rings. The molecule has 1 aliphatic heterocycles. The number of aliphatic hydroxyl groups is 1. The van der Waals surface area contributed by atoms with Crippen molar-refractivity contribution < 1.29 is 19.4 Å². The zero-order valence-electron chi connectivity index (χ0n) is 15.3. The molecule has 5 nitrogen and oxygen atoms in total. The molecule has 0 aliphatic carbocycles. The second kappa shape index (κ2) is 7.22. The number of nitrogens with zero attached hydrogens (tertiary/aromatic N) is 1. The molecule has 4 rings (SSSR count). The molecule has 142 valence electrons. The van der Waals surface area contributed by atoms with Crippen LogP contribution in [0.1, 0.15) is 27.2 Å². The minimum absolute atomic E-state index is 0.300. The largest absolute Gasteiger partial charge is 0.497 e. The van der Waals surface area contributed by atoms with Crippen LogP contribution in [0.4, 0.5) is 5.69 Å². The third-order valence-electron chi connectivity index (χ3n) is 4.96. The van der Waals surface area contributed by atoms with E-state index in [1.54, 1.807) is 65.8 Å². The summed E-state index contributed by atoms with van der Waals surface area (Å²) in [7, 11) is 1.55. The lowest BCUT2D eigenvalue weighted by Crippen LogP contribution is -2.41. The van der Waals surface area contributed by atoms with Crippen LogP contribution in [0.15, 0.2) is 66.0 Å². The summed E-state index contributed by atoms with van der Waals surface area (Å²) >= 11 is 1.55. The van der Waals surface area contributed by atoms with Gasteiger partial charge < -0.3 is 14.7 Å². The number of fused-ring (bicyclic) bond motifs is 1. The number of benzene rings is 2. The van der Waals surface area contributed by atoms with Crippen LogP contribution < -0.4 is 9.64 Å². The van der Waals surface area contributed by atoms with E-state index in [2.05, 4.69) is 0 Å². The van der Waals surface area contributed by atoms with Gasteiger partial charge in [-0.2, -0.15) is 0 Å². The maximum absolute atomic E-state index is 13.2. The average molecular weight is 393 g/mol. The van der Waals surface area contributed by atoms with E-state index in [9.17, 15) is 14.7 Å². The number of carbonyl (C=O) groups is 2. The van der Waals surface area contributed by atoms with Gasteiger partial charge >= 0.3 is 0 Å². The highest BCUT2D eigenvalue weighted by Crippen LogP contribution is 2.43. The van der Waals surface area contributed by atoms with Crippen molar-refractivity contribution in [3.8, 4) is 5.75 Å². The molecule has 0 bridgehead atoms. The van der Waals surface area contributed by atoms with Crippen molar-refractivity contribution in [2.75, 3.05) is 12.0 Å². The number of para-hydroxylation sites is 1. The lowest BCUT2D eigenvalue weighted by Gasteiger charge is -2.22. The van der Waals surface area contributed by atoms with Crippen LogP contribution in [0.25, 0.3) is 0 Å². The highest BCUT2D eigenvalue weighted by molar-refractivity contribution is 7.09. The van der Waals surface area contributed by atoms with E-state index in [1.807, 2.05) is 23.6 Å². The van der Waals surface area contributed by atoms with Crippen molar-refractivity contribution in [2.45, 2.75) is 18.6 Å². The molecule has 0 fully saturated rings. The Kier molecular flexibility index (Phi) is 4.75. The molecule has 1 unspecified atom stereocenters. The number of Topliss-reactive ketones (excluding diaryl/α,β-unsaturated/α-hetero) is 1. The molecule has 0 saturated heterocycles. The summed E-state index contributed by atoms with van der Waals surface area (Å²) < 4.78 is 5.11. The van der Waals surface area contributed by atoms with E-state index in [0.29, 0.717) is 29.1 Å². The van der Waals surface area contributed by atoms with Gasteiger partial charge in [-0.25, -0.2) is 0 Å². The van der Waals surface area contributed by atoms with Gasteiger partial charge in [-0.3, -0.25) is 9.59 Å². The second-order valence-corrected chi connectivity index (χ2v) is 7.71. The van der Waals surface area contributed by atoms with Crippen LogP contribution in [-0.4, -0.2) is 23.9 Å². The fraction of sp³-hybridized carbons (Fsp3) is 0.182. The molecule has 1 aromatic heterocycles. The van der Waals surface area contributed by atoms with E-state index in [4.69, 9.17) is 4.74 Å². The minimum Gasteiger partial charge on any atom is -0.497 e. The molecule has 2 heterocycles. The number of rotatable bonds is 6. The SMILES string of the molecule is COc1ccc(C(=O)CC2(O)C(=O)N(Cc3cccs3)c3ccccc32)cc1. The van der Waals surface area contributed by atoms with Gasteiger partial charge in [-0.15, -0.1) is 11.3 Å². The Bertz CT molecular complexity index is 1010. The third kappa shape index (κ3) is 3.10. The Morgan fingerprint density at radius 1 is 1.11 bits per heavy atom. The quantitative estimate of drug-likeness (QED) is 0.648. The number of hydrogen-bond donors (Lipinski definition) is 1. The predicted molar refractivity (Wildman–Crippen MR) is 108 cm³/mol. The maximum atomic E-state index is 13.2.